The number of halogens is 2. The third-order valence-corrected chi connectivity index (χ3v) is 3.08. The maximum absolute atomic E-state index is 12.1. The number of carboxylic acid groups (broad SMARTS) is 1. The van der Waals surface area contributed by atoms with Gasteiger partial charge in [0.25, 0.3) is 5.91 Å². The third-order valence-electron chi connectivity index (χ3n) is 2.62. The first-order valence-corrected chi connectivity index (χ1v) is 6.52. The molecule has 8 heteroatoms. The summed E-state index contributed by atoms with van der Waals surface area (Å²) in [7, 11) is 0. The summed E-state index contributed by atoms with van der Waals surface area (Å²) in [6.45, 7) is 0. The van der Waals surface area contributed by atoms with Crippen LogP contribution in [0.5, 0.6) is 0 Å². The van der Waals surface area contributed by atoms with E-state index in [1.165, 1.54) is 6.07 Å². The van der Waals surface area contributed by atoms with Gasteiger partial charge in [-0.25, -0.2) is 4.79 Å². The van der Waals surface area contributed by atoms with E-state index < -0.39 is 17.9 Å². The Labute approximate surface area is 129 Å². The van der Waals surface area contributed by atoms with Crippen molar-refractivity contribution in [2.24, 2.45) is 0 Å². The Hall–Kier alpha value is -2.18. The molecule has 0 unspecified atom stereocenters. The van der Waals surface area contributed by atoms with Crippen LogP contribution < -0.4 is 5.32 Å². The van der Waals surface area contributed by atoms with Gasteiger partial charge in [-0.15, -0.1) is 10.2 Å². The zero-order valence-corrected chi connectivity index (χ0v) is 12.0. The number of hydrogen-bond donors (Lipinski definition) is 2. The van der Waals surface area contributed by atoms with E-state index in [9.17, 15) is 14.7 Å². The highest BCUT2D eigenvalue weighted by molar-refractivity contribution is 6.34. The zero-order valence-electron chi connectivity index (χ0n) is 10.5. The predicted molar refractivity (Wildman–Crippen MR) is 76.3 cm³/mol. The molecule has 2 N–H and O–H groups in total. The second kappa shape index (κ2) is 6.51. The number of amides is 1. The van der Waals surface area contributed by atoms with E-state index in [0.717, 1.165) is 0 Å². The van der Waals surface area contributed by atoms with Gasteiger partial charge < -0.3 is 10.4 Å². The molecular formula is C13H9Cl2N3O3. The average molecular weight is 326 g/mol. The van der Waals surface area contributed by atoms with Crippen molar-refractivity contribution in [1.29, 1.82) is 0 Å². The number of benzene rings is 1. The standard InChI is InChI=1S/C13H9Cl2N3O3/c14-9-6-8(11(15)18-17-9)12(19)16-10(13(20)21)7-4-2-1-3-5-7/h1-6,10H,(H,16,19)(H,20,21)/t10-/m1/s1. The van der Waals surface area contributed by atoms with E-state index in [1.807, 2.05) is 0 Å². The third kappa shape index (κ3) is 3.68. The van der Waals surface area contributed by atoms with Gasteiger partial charge in [0.05, 0.1) is 5.56 Å². The van der Waals surface area contributed by atoms with Gasteiger partial charge in [0.1, 0.15) is 0 Å². The molecule has 1 atom stereocenters. The molecule has 1 heterocycles. The number of aromatic nitrogens is 2. The van der Waals surface area contributed by atoms with Crippen LogP contribution in [-0.2, 0) is 4.79 Å². The van der Waals surface area contributed by atoms with Gasteiger partial charge in [-0.1, -0.05) is 53.5 Å². The van der Waals surface area contributed by atoms with Gasteiger partial charge in [-0.2, -0.15) is 0 Å². The first kappa shape index (κ1) is 15.2. The van der Waals surface area contributed by atoms with E-state index in [1.54, 1.807) is 30.3 Å². The lowest BCUT2D eigenvalue weighted by Gasteiger charge is -2.15. The van der Waals surface area contributed by atoms with Crippen LogP contribution in [0.2, 0.25) is 10.3 Å². The molecule has 1 aromatic carbocycles. The Morgan fingerprint density at radius 2 is 1.81 bits per heavy atom. The molecule has 0 saturated carbocycles. The molecule has 6 nitrogen and oxygen atoms in total. The lowest BCUT2D eigenvalue weighted by Crippen LogP contribution is -2.34. The Morgan fingerprint density at radius 1 is 1.14 bits per heavy atom. The summed E-state index contributed by atoms with van der Waals surface area (Å²) in [5.74, 6) is -1.90. The van der Waals surface area contributed by atoms with Crippen LogP contribution in [0.15, 0.2) is 36.4 Å². The van der Waals surface area contributed by atoms with Crippen LogP contribution in [0.4, 0.5) is 0 Å². The highest BCUT2D eigenvalue weighted by Crippen LogP contribution is 2.18. The second-order valence-corrected chi connectivity index (χ2v) is 4.77. The first-order valence-electron chi connectivity index (χ1n) is 5.76. The van der Waals surface area contributed by atoms with Gasteiger partial charge >= 0.3 is 5.97 Å². The molecule has 0 bridgehead atoms. The molecule has 0 saturated heterocycles. The van der Waals surface area contributed by atoms with E-state index >= 15 is 0 Å². The Morgan fingerprint density at radius 3 is 2.43 bits per heavy atom. The van der Waals surface area contributed by atoms with E-state index in [0.29, 0.717) is 5.56 Å². The minimum Gasteiger partial charge on any atom is -0.479 e. The van der Waals surface area contributed by atoms with Gasteiger partial charge in [0, 0.05) is 0 Å². The normalized spacial score (nSPS) is 11.7. The van der Waals surface area contributed by atoms with Gasteiger partial charge in [0.15, 0.2) is 16.3 Å². The molecular weight excluding hydrogens is 317 g/mol. The zero-order chi connectivity index (χ0) is 15.4. The summed E-state index contributed by atoms with van der Waals surface area (Å²) in [6, 6.07) is 8.30. The van der Waals surface area contributed by atoms with Crippen LogP contribution in [0.3, 0.4) is 0 Å². The topological polar surface area (TPSA) is 92.2 Å². The summed E-state index contributed by atoms with van der Waals surface area (Å²) in [4.78, 5) is 23.4. The summed E-state index contributed by atoms with van der Waals surface area (Å²) in [5.41, 5.74) is 0.390. The highest BCUT2D eigenvalue weighted by atomic mass is 35.5. The quantitative estimate of drug-likeness (QED) is 0.900. The fraction of sp³-hybridized carbons (Fsp3) is 0.0769. The molecule has 0 aliphatic carbocycles. The SMILES string of the molecule is O=C(N[C@@H](C(=O)O)c1ccccc1)c1cc(Cl)nnc1Cl. The van der Waals surface area contributed by atoms with E-state index in [-0.39, 0.29) is 15.9 Å². The molecule has 108 valence electrons. The van der Waals surface area contributed by atoms with Crippen molar-refractivity contribution < 1.29 is 14.7 Å². The Kier molecular flexibility index (Phi) is 4.72. The minimum absolute atomic E-state index is 0.0175. The van der Waals surface area contributed by atoms with Crippen LogP contribution in [0, 0.1) is 0 Å². The van der Waals surface area contributed by atoms with Crippen LogP contribution in [-0.4, -0.2) is 27.2 Å². The number of aliphatic carboxylic acids is 1. The lowest BCUT2D eigenvalue weighted by molar-refractivity contribution is -0.139. The number of nitrogens with one attached hydrogen (secondary N) is 1. The number of hydrogen-bond acceptors (Lipinski definition) is 4. The van der Waals surface area contributed by atoms with Crippen LogP contribution >= 0.6 is 23.2 Å². The van der Waals surface area contributed by atoms with E-state index in [2.05, 4.69) is 15.5 Å². The second-order valence-electron chi connectivity index (χ2n) is 4.03. The largest absolute Gasteiger partial charge is 0.479 e. The van der Waals surface area contributed by atoms with Crippen molar-refractivity contribution >= 4 is 35.1 Å². The number of rotatable bonds is 4. The summed E-state index contributed by atoms with van der Waals surface area (Å²) < 4.78 is 0. The molecule has 1 amide bonds. The van der Waals surface area contributed by atoms with Crippen molar-refractivity contribution in [3.8, 4) is 0 Å². The average Bonchev–Trinajstić information content (AvgIpc) is 2.47. The Bertz CT molecular complexity index is 680. The molecule has 2 aromatic rings. The molecule has 0 spiro atoms. The highest BCUT2D eigenvalue weighted by Gasteiger charge is 2.24. The van der Waals surface area contributed by atoms with Crippen molar-refractivity contribution in [3.05, 3.63) is 57.8 Å². The smallest absolute Gasteiger partial charge is 0.330 e. The lowest BCUT2D eigenvalue weighted by atomic mass is 10.1. The number of carbonyl (C=O) groups excluding carboxylic acids is 1. The monoisotopic (exact) mass is 325 g/mol. The van der Waals surface area contributed by atoms with Crippen molar-refractivity contribution in [3.63, 3.8) is 0 Å². The molecule has 2 rings (SSSR count). The van der Waals surface area contributed by atoms with E-state index in [4.69, 9.17) is 23.2 Å². The molecule has 1 aromatic heterocycles. The fourth-order valence-corrected chi connectivity index (χ4v) is 1.98. The predicted octanol–water partition coefficient (Wildman–Crippen LogP) is 2.34. The maximum Gasteiger partial charge on any atom is 0.330 e. The van der Waals surface area contributed by atoms with Crippen LogP contribution in [0.1, 0.15) is 22.0 Å². The summed E-state index contributed by atoms with van der Waals surface area (Å²) in [5, 5.41) is 18.4. The molecule has 0 aliphatic heterocycles. The maximum atomic E-state index is 12.1. The van der Waals surface area contributed by atoms with Gasteiger partial charge in [0.2, 0.25) is 0 Å². The number of carboxylic acids is 1. The molecule has 0 radical (unpaired) electrons. The molecule has 0 aliphatic rings. The summed E-state index contributed by atoms with van der Waals surface area (Å²) >= 11 is 11.4. The molecule has 21 heavy (non-hydrogen) atoms. The number of carbonyl (C=O) groups is 2. The van der Waals surface area contributed by atoms with Gasteiger partial charge in [-0.3, -0.25) is 4.79 Å². The van der Waals surface area contributed by atoms with Crippen molar-refractivity contribution in [1.82, 2.24) is 15.5 Å². The summed E-state index contributed by atoms with van der Waals surface area (Å²) in [6.07, 6.45) is 0. The Balaban J connectivity index is 2.27. The van der Waals surface area contributed by atoms with Crippen molar-refractivity contribution in [2.75, 3.05) is 0 Å². The number of nitrogens with zero attached hydrogens (tertiary/aromatic N) is 2. The first-order chi connectivity index (χ1) is 9.99. The molecule has 0 fully saturated rings. The van der Waals surface area contributed by atoms with Gasteiger partial charge in [-0.05, 0) is 11.6 Å². The minimum atomic E-state index is -1.21. The van der Waals surface area contributed by atoms with Crippen LogP contribution in [0.25, 0.3) is 0 Å². The van der Waals surface area contributed by atoms with Crippen molar-refractivity contribution in [2.45, 2.75) is 6.04 Å². The fourth-order valence-electron chi connectivity index (χ4n) is 1.65.